The number of fused-ring (bicyclic) bond motifs is 3. The Bertz CT molecular complexity index is 1660. The van der Waals surface area contributed by atoms with Crippen molar-refractivity contribution >= 4 is 0 Å². The molecule has 5 aromatic rings. The highest BCUT2D eigenvalue weighted by molar-refractivity contribution is 5.84. The molecular weight excluding hydrogens is 514 g/mol. The smallest absolute Gasteiger partial charge is 0.134 e. The highest BCUT2D eigenvalue weighted by atomic mass is 16.5. The lowest BCUT2D eigenvalue weighted by Gasteiger charge is -2.26. The van der Waals surface area contributed by atoms with Gasteiger partial charge < -0.3 is 4.74 Å². The number of hydrogen-bond acceptors (Lipinski definition) is 7. The average Bonchev–Trinajstić information content (AvgIpc) is 3.75. The Balaban J connectivity index is 1.13. The lowest BCUT2D eigenvalue weighted by atomic mass is 9.91. The van der Waals surface area contributed by atoms with E-state index in [9.17, 15) is 0 Å². The van der Waals surface area contributed by atoms with Crippen LogP contribution < -0.4 is 0 Å². The van der Waals surface area contributed by atoms with Gasteiger partial charge in [0.15, 0.2) is 0 Å². The standard InChI is InChI=1S/C31H35N9O/c1-3-39-11-10-26(35-39)18-28-32-19-24-8-9-27-29(30(24)34-28)31(37(2)36-27)23-6-4-22(5-7-23)25-20-33-40(21-25)13-12-38-14-16-41-17-15-38/h4-7,10-11,19-21H,3,8-9,12-18H2,1-2H3. The topological polar surface area (TPSA) is 91.7 Å². The zero-order valence-corrected chi connectivity index (χ0v) is 23.7. The van der Waals surface area contributed by atoms with E-state index in [4.69, 9.17) is 14.8 Å². The maximum atomic E-state index is 5.46. The molecule has 1 fully saturated rings. The van der Waals surface area contributed by atoms with Crippen LogP contribution >= 0.6 is 0 Å². The molecule has 210 valence electrons. The second-order valence-corrected chi connectivity index (χ2v) is 10.8. The molecule has 1 aliphatic carbocycles. The lowest BCUT2D eigenvalue weighted by molar-refractivity contribution is 0.0360. The van der Waals surface area contributed by atoms with Crippen molar-refractivity contribution in [3.8, 4) is 33.6 Å². The summed E-state index contributed by atoms with van der Waals surface area (Å²) in [5.74, 6) is 0.786. The predicted molar refractivity (Wildman–Crippen MR) is 156 cm³/mol. The van der Waals surface area contributed by atoms with E-state index in [2.05, 4.69) is 57.5 Å². The maximum Gasteiger partial charge on any atom is 0.134 e. The Morgan fingerprint density at radius 3 is 2.51 bits per heavy atom. The van der Waals surface area contributed by atoms with Gasteiger partial charge in [-0.25, -0.2) is 9.97 Å². The van der Waals surface area contributed by atoms with Gasteiger partial charge in [0.2, 0.25) is 0 Å². The van der Waals surface area contributed by atoms with Gasteiger partial charge in [0.05, 0.1) is 55.2 Å². The van der Waals surface area contributed by atoms with Crippen LogP contribution in [0.15, 0.2) is 55.1 Å². The van der Waals surface area contributed by atoms with E-state index >= 15 is 0 Å². The Morgan fingerprint density at radius 1 is 0.878 bits per heavy atom. The molecule has 2 aliphatic rings. The normalized spacial score (nSPS) is 15.2. The van der Waals surface area contributed by atoms with Crippen LogP contribution in [0.1, 0.15) is 29.7 Å². The fourth-order valence-electron chi connectivity index (χ4n) is 5.88. The maximum absolute atomic E-state index is 5.46. The first-order valence-corrected chi connectivity index (χ1v) is 14.5. The molecule has 0 amide bonds. The summed E-state index contributed by atoms with van der Waals surface area (Å²) in [6, 6.07) is 10.8. The SMILES string of the molecule is CCn1ccc(Cc2ncc3c(n2)-c2c(nn(C)c2-c2ccc(-c4cnn(CCN5CCOCC5)c4)cc2)CC3)n1. The van der Waals surface area contributed by atoms with Crippen LogP contribution in [0.25, 0.3) is 33.6 Å². The van der Waals surface area contributed by atoms with E-state index in [0.717, 1.165) is 110 Å². The highest BCUT2D eigenvalue weighted by Gasteiger charge is 2.27. The minimum absolute atomic E-state index is 0.611. The summed E-state index contributed by atoms with van der Waals surface area (Å²) in [4.78, 5) is 12.2. The van der Waals surface area contributed by atoms with Gasteiger partial charge in [0, 0.05) is 68.5 Å². The summed E-state index contributed by atoms with van der Waals surface area (Å²) in [6.07, 6.45) is 10.5. The molecule has 1 aliphatic heterocycles. The Hall–Kier alpha value is -4.15. The first kappa shape index (κ1) is 25.8. The fraction of sp³-hybridized carbons (Fsp3) is 0.387. The van der Waals surface area contributed by atoms with Crippen LogP contribution in [0.2, 0.25) is 0 Å². The van der Waals surface area contributed by atoms with Gasteiger partial charge >= 0.3 is 0 Å². The Labute approximate surface area is 239 Å². The minimum atomic E-state index is 0.611. The summed E-state index contributed by atoms with van der Waals surface area (Å²) in [5, 5.41) is 14.2. The van der Waals surface area contributed by atoms with Gasteiger partial charge in [-0.05, 0) is 37.0 Å². The third-order valence-electron chi connectivity index (χ3n) is 8.14. The highest BCUT2D eigenvalue weighted by Crippen LogP contribution is 2.39. The molecular formula is C31H35N9O. The molecule has 0 bridgehead atoms. The van der Waals surface area contributed by atoms with E-state index in [1.54, 1.807) is 0 Å². The monoisotopic (exact) mass is 549 g/mol. The van der Waals surface area contributed by atoms with E-state index in [-0.39, 0.29) is 0 Å². The summed E-state index contributed by atoms with van der Waals surface area (Å²) in [7, 11) is 2.03. The lowest BCUT2D eigenvalue weighted by Crippen LogP contribution is -2.38. The van der Waals surface area contributed by atoms with Crippen LogP contribution in [0, 0.1) is 0 Å². The average molecular weight is 550 g/mol. The molecule has 0 atom stereocenters. The van der Waals surface area contributed by atoms with Crippen molar-refractivity contribution in [3.63, 3.8) is 0 Å². The molecule has 10 nitrogen and oxygen atoms in total. The molecule has 1 aromatic carbocycles. The summed E-state index contributed by atoms with van der Waals surface area (Å²) >= 11 is 0. The molecule has 41 heavy (non-hydrogen) atoms. The first-order valence-electron chi connectivity index (χ1n) is 14.5. The van der Waals surface area contributed by atoms with E-state index in [1.807, 2.05) is 45.7 Å². The van der Waals surface area contributed by atoms with Crippen LogP contribution in [-0.4, -0.2) is 77.1 Å². The molecule has 0 spiro atoms. The Morgan fingerprint density at radius 2 is 1.71 bits per heavy atom. The van der Waals surface area contributed by atoms with Crippen molar-refractivity contribution in [1.29, 1.82) is 0 Å². The number of morpholine rings is 1. The summed E-state index contributed by atoms with van der Waals surface area (Å²) < 4.78 is 11.4. The molecule has 5 heterocycles. The third kappa shape index (κ3) is 5.20. The Kier molecular flexibility index (Phi) is 6.93. The van der Waals surface area contributed by atoms with Gasteiger partial charge in [-0.15, -0.1) is 0 Å². The number of rotatable bonds is 8. The fourth-order valence-corrected chi connectivity index (χ4v) is 5.88. The van der Waals surface area contributed by atoms with Crippen molar-refractivity contribution < 1.29 is 4.74 Å². The van der Waals surface area contributed by atoms with Gasteiger partial charge in [0.1, 0.15) is 5.82 Å². The molecule has 0 unspecified atom stereocenters. The number of aromatic nitrogens is 8. The van der Waals surface area contributed by atoms with Crippen molar-refractivity contribution in [2.75, 3.05) is 32.8 Å². The van der Waals surface area contributed by atoms with E-state index in [1.165, 1.54) is 5.56 Å². The van der Waals surface area contributed by atoms with Crippen molar-refractivity contribution in [2.24, 2.45) is 7.05 Å². The molecule has 0 saturated carbocycles. The van der Waals surface area contributed by atoms with Crippen molar-refractivity contribution in [3.05, 3.63) is 77.9 Å². The molecule has 0 radical (unpaired) electrons. The second kappa shape index (κ2) is 11.0. The summed E-state index contributed by atoms with van der Waals surface area (Å²) in [5.41, 5.74) is 9.87. The van der Waals surface area contributed by atoms with E-state index in [0.29, 0.717) is 6.42 Å². The van der Waals surface area contributed by atoms with Crippen LogP contribution in [0.4, 0.5) is 0 Å². The number of nitrogens with zero attached hydrogens (tertiary/aromatic N) is 9. The minimum Gasteiger partial charge on any atom is -0.379 e. The number of ether oxygens (including phenoxy) is 1. The van der Waals surface area contributed by atoms with Crippen molar-refractivity contribution in [2.45, 2.75) is 39.3 Å². The first-order chi connectivity index (χ1) is 20.1. The number of benzene rings is 1. The quantitative estimate of drug-likeness (QED) is 0.292. The largest absolute Gasteiger partial charge is 0.379 e. The van der Waals surface area contributed by atoms with Crippen LogP contribution in [-0.2, 0) is 44.1 Å². The van der Waals surface area contributed by atoms with Gasteiger partial charge in [0.25, 0.3) is 0 Å². The summed E-state index contributed by atoms with van der Waals surface area (Å²) in [6.45, 7) is 8.44. The zero-order valence-electron chi connectivity index (χ0n) is 23.7. The second-order valence-electron chi connectivity index (χ2n) is 10.8. The third-order valence-corrected chi connectivity index (χ3v) is 8.14. The molecule has 1 saturated heterocycles. The van der Waals surface area contributed by atoms with E-state index < -0.39 is 0 Å². The van der Waals surface area contributed by atoms with Crippen LogP contribution in [0.5, 0.6) is 0 Å². The number of hydrogen-bond donors (Lipinski definition) is 0. The zero-order chi connectivity index (χ0) is 27.8. The van der Waals surface area contributed by atoms with Gasteiger partial charge in [-0.2, -0.15) is 15.3 Å². The predicted octanol–water partition coefficient (Wildman–Crippen LogP) is 3.65. The molecule has 10 heteroatoms. The van der Waals surface area contributed by atoms with Crippen molar-refractivity contribution in [1.82, 2.24) is 44.2 Å². The molecule has 4 aromatic heterocycles. The molecule has 7 rings (SSSR count). The van der Waals surface area contributed by atoms with Gasteiger partial charge in [-0.3, -0.25) is 18.9 Å². The van der Waals surface area contributed by atoms with Crippen LogP contribution in [0.3, 0.4) is 0 Å². The molecule has 0 N–H and O–H groups in total. The number of aryl methyl sites for hydroxylation is 4. The van der Waals surface area contributed by atoms with Gasteiger partial charge in [-0.1, -0.05) is 24.3 Å².